The zero-order chi connectivity index (χ0) is 14.8. The molecule has 0 radical (unpaired) electrons. The number of thiophene rings is 1. The lowest BCUT2D eigenvalue weighted by molar-refractivity contribution is 0.281. The largest absolute Gasteiger partial charge is 0.392 e. The van der Waals surface area contributed by atoms with Gasteiger partial charge in [0.05, 0.1) is 6.61 Å². The van der Waals surface area contributed by atoms with Crippen LogP contribution in [0.2, 0.25) is 0 Å². The van der Waals surface area contributed by atoms with Crippen molar-refractivity contribution >= 4 is 21.4 Å². The summed E-state index contributed by atoms with van der Waals surface area (Å²) in [6.45, 7) is -0.144. The molecule has 2 rings (SSSR count). The minimum absolute atomic E-state index is 0.188. The van der Waals surface area contributed by atoms with Crippen molar-refractivity contribution in [3.8, 4) is 0 Å². The summed E-state index contributed by atoms with van der Waals surface area (Å²) < 4.78 is 39.6. The Labute approximate surface area is 121 Å². The van der Waals surface area contributed by atoms with Crippen molar-refractivity contribution in [2.75, 3.05) is 7.05 Å². The molecule has 0 aliphatic rings. The van der Waals surface area contributed by atoms with Crippen LogP contribution >= 0.6 is 11.3 Å². The number of hydrogen-bond donors (Lipinski definition) is 1. The third-order valence-corrected chi connectivity index (χ3v) is 5.42. The Morgan fingerprint density at radius 2 is 2.05 bits per heavy atom. The van der Waals surface area contributed by atoms with Gasteiger partial charge in [-0.15, -0.1) is 0 Å². The molecule has 7 heteroatoms. The molecule has 4 nitrogen and oxygen atoms in total. The maximum absolute atomic E-state index is 13.9. The van der Waals surface area contributed by atoms with Crippen molar-refractivity contribution in [3.05, 3.63) is 52.0 Å². The highest BCUT2D eigenvalue weighted by Gasteiger charge is 2.24. The normalized spacial score (nSPS) is 12.0. The smallest absolute Gasteiger partial charge is 0.246 e. The summed E-state index contributed by atoms with van der Waals surface area (Å²) in [5.41, 5.74) is 1.19. The summed E-state index contributed by atoms with van der Waals surface area (Å²) in [5, 5.41) is 12.6. The Bertz CT molecular complexity index is 684. The first kappa shape index (κ1) is 15.1. The summed E-state index contributed by atoms with van der Waals surface area (Å²) in [6, 6.07) is 5.43. The topological polar surface area (TPSA) is 57.6 Å². The molecular formula is C13H14FNO3S2. The van der Waals surface area contributed by atoms with Crippen molar-refractivity contribution in [3.63, 3.8) is 0 Å². The fraction of sp³-hybridized carbons (Fsp3) is 0.231. The first-order valence-electron chi connectivity index (χ1n) is 5.82. The molecule has 0 aliphatic carbocycles. The first-order valence-corrected chi connectivity index (χ1v) is 8.20. The van der Waals surface area contributed by atoms with E-state index in [0.717, 1.165) is 15.9 Å². The van der Waals surface area contributed by atoms with Crippen LogP contribution in [0.25, 0.3) is 0 Å². The second kappa shape index (κ2) is 6.01. The second-order valence-corrected chi connectivity index (χ2v) is 7.11. The molecule has 0 saturated heterocycles. The van der Waals surface area contributed by atoms with Gasteiger partial charge in [0, 0.05) is 13.6 Å². The average Bonchev–Trinajstić information content (AvgIpc) is 2.91. The molecule has 2 aromatic rings. The third kappa shape index (κ3) is 3.06. The molecule has 0 bridgehead atoms. The van der Waals surface area contributed by atoms with Gasteiger partial charge in [0.1, 0.15) is 10.7 Å². The van der Waals surface area contributed by atoms with Crippen LogP contribution in [0.5, 0.6) is 0 Å². The van der Waals surface area contributed by atoms with E-state index < -0.39 is 15.8 Å². The predicted octanol–water partition coefficient (Wildman–Crippen LogP) is 2.20. The Kier molecular flexibility index (Phi) is 4.54. The summed E-state index contributed by atoms with van der Waals surface area (Å²) in [7, 11) is -2.48. The molecule has 1 heterocycles. The van der Waals surface area contributed by atoms with Gasteiger partial charge in [-0.1, -0.05) is 6.07 Å². The number of nitrogens with zero attached hydrogens (tertiary/aromatic N) is 1. The summed E-state index contributed by atoms with van der Waals surface area (Å²) in [4.78, 5) is -0.382. The molecule has 0 fully saturated rings. The molecule has 20 heavy (non-hydrogen) atoms. The van der Waals surface area contributed by atoms with Crippen molar-refractivity contribution in [1.82, 2.24) is 4.31 Å². The summed E-state index contributed by atoms with van der Waals surface area (Å²) in [5.74, 6) is -0.853. The Hall–Kier alpha value is -1.28. The van der Waals surface area contributed by atoms with E-state index in [1.807, 2.05) is 16.8 Å². The number of hydrogen-bond acceptors (Lipinski definition) is 4. The molecule has 0 amide bonds. The maximum Gasteiger partial charge on any atom is 0.246 e. The molecule has 0 aliphatic heterocycles. The van der Waals surface area contributed by atoms with Crippen molar-refractivity contribution in [2.45, 2.75) is 18.0 Å². The van der Waals surface area contributed by atoms with Crippen LogP contribution in [-0.2, 0) is 23.2 Å². The van der Waals surface area contributed by atoms with Crippen molar-refractivity contribution < 1.29 is 17.9 Å². The van der Waals surface area contributed by atoms with E-state index in [-0.39, 0.29) is 18.0 Å². The van der Waals surface area contributed by atoms with E-state index in [2.05, 4.69) is 0 Å². The van der Waals surface area contributed by atoms with Gasteiger partial charge in [-0.2, -0.15) is 15.6 Å². The van der Waals surface area contributed by atoms with Crippen LogP contribution in [0.1, 0.15) is 11.1 Å². The van der Waals surface area contributed by atoms with E-state index in [4.69, 9.17) is 5.11 Å². The fourth-order valence-corrected chi connectivity index (χ4v) is 3.60. The van der Waals surface area contributed by atoms with E-state index in [9.17, 15) is 12.8 Å². The van der Waals surface area contributed by atoms with E-state index in [0.29, 0.717) is 5.56 Å². The van der Waals surface area contributed by atoms with Gasteiger partial charge in [0.15, 0.2) is 0 Å². The Balaban J connectivity index is 2.30. The van der Waals surface area contributed by atoms with Crippen molar-refractivity contribution in [1.29, 1.82) is 0 Å². The summed E-state index contributed by atoms with van der Waals surface area (Å²) in [6.07, 6.45) is 0. The van der Waals surface area contributed by atoms with Crippen LogP contribution < -0.4 is 0 Å². The molecule has 0 spiro atoms. The zero-order valence-corrected chi connectivity index (χ0v) is 12.4. The number of rotatable bonds is 5. The van der Waals surface area contributed by atoms with Crippen LogP contribution in [0.3, 0.4) is 0 Å². The van der Waals surface area contributed by atoms with E-state index in [1.165, 1.54) is 30.5 Å². The monoisotopic (exact) mass is 315 g/mol. The molecule has 1 aromatic carbocycles. The van der Waals surface area contributed by atoms with Gasteiger partial charge in [-0.25, -0.2) is 12.8 Å². The van der Waals surface area contributed by atoms with Gasteiger partial charge < -0.3 is 5.11 Å². The van der Waals surface area contributed by atoms with Gasteiger partial charge in [0.25, 0.3) is 0 Å². The second-order valence-electron chi connectivity index (χ2n) is 4.32. The zero-order valence-electron chi connectivity index (χ0n) is 10.8. The van der Waals surface area contributed by atoms with Gasteiger partial charge in [0.2, 0.25) is 10.0 Å². The molecule has 0 atom stereocenters. The number of halogens is 1. The molecule has 1 N–H and O–H groups in total. The minimum Gasteiger partial charge on any atom is -0.392 e. The molecule has 1 aromatic heterocycles. The number of aliphatic hydroxyl groups excluding tert-OH is 1. The molecular weight excluding hydrogens is 301 g/mol. The molecule has 0 unspecified atom stereocenters. The Morgan fingerprint density at radius 1 is 1.30 bits per heavy atom. The van der Waals surface area contributed by atoms with Crippen LogP contribution in [-0.4, -0.2) is 24.9 Å². The summed E-state index contributed by atoms with van der Waals surface area (Å²) >= 11 is 1.47. The van der Waals surface area contributed by atoms with Crippen LogP contribution in [0, 0.1) is 5.82 Å². The van der Waals surface area contributed by atoms with Gasteiger partial charge >= 0.3 is 0 Å². The molecule has 108 valence electrons. The lowest BCUT2D eigenvalue weighted by atomic mass is 10.2. The number of aliphatic hydroxyl groups is 1. The highest BCUT2D eigenvalue weighted by Crippen LogP contribution is 2.21. The number of benzene rings is 1. The minimum atomic E-state index is -3.89. The Morgan fingerprint density at radius 3 is 2.60 bits per heavy atom. The lowest BCUT2D eigenvalue weighted by Crippen LogP contribution is -2.27. The standard InChI is InChI=1S/C13H14FNO3S2/c1-15(7-11-4-5-19-9-11)20(17,18)13-3-2-10(8-16)6-12(13)14/h2-6,9,16H,7-8H2,1H3. The van der Waals surface area contributed by atoms with Gasteiger partial charge in [-0.05, 0) is 40.1 Å². The average molecular weight is 315 g/mol. The first-order chi connectivity index (χ1) is 9.45. The predicted molar refractivity (Wildman–Crippen MR) is 75.3 cm³/mol. The van der Waals surface area contributed by atoms with Crippen LogP contribution in [0.15, 0.2) is 39.9 Å². The number of sulfonamides is 1. The SMILES string of the molecule is CN(Cc1ccsc1)S(=O)(=O)c1ccc(CO)cc1F. The molecule has 0 saturated carbocycles. The van der Waals surface area contributed by atoms with Gasteiger partial charge in [-0.3, -0.25) is 0 Å². The highest BCUT2D eigenvalue weighted by atomic mass is 32.2. The third-order valence-electron chi connectivity index (χ3n) is 2.85. The fourth-order valence-electron chi connectivity index (χ4n) is 1.74. The highest BCUT2D eigenvalue weighted by molar-refractivity contribution is 7.89. The van der Waals surface area contributed by atoms with Crippen molar-refractivity contribution in [2.24, 2.45) is 0 Å². The quantitative estimate of drug-likeness (QED) is 0.920. The van der Waals surface area contributed by atoms with E-state index >= 15 is 0 Å². The maximum atomic E-state index is 13.9. The van der Waals surface area contributed by atoms with E-state index in [1.54, 1.807) is 0 Å². The lowest BCUT2D eigenvalue weighted by Gasteiger charge is -2.17. The van der Waals surface area contributed by atoms with Crippen LogP contribution in [0.4, 0.5) is 4.39 Å².